The molecule has 2 aliphatic rings. The number of hydrogen-bond donors (Lipinski definition) is 1. The van der Waals surface area contributed by atoms with Crippen molar-refractivity contribution in [1.82, 2.24) is 5.43 Å². The van der Waals surface area contributed by atoms with Crippen molar-refractivity contribution in [2.45, 2.75) is 64.7 Å². The molecule has 1 aliphatic heterocycles. The molecule has 0 bridgehead atoms. The van der Waals surface area contributed by atoms with Crippen LogP contribution in [0.1, 0.15) is 64.7 Å². The Bertz CT molecular complexity index is 539. The van der Waals surface area contributed by atoms with Crippen LogP contribution in [-0.4, -0.2) is 18.6 Å². The van der Waals surface area contributed by atoms with Gasteiger partial charge >= 0.3 is 0 Å². The normalized spacial score (nSPS) is 23.6. The molecule has 132 valence electrons. The molecule has 0 atom stereocenters. The first-order valence-electron chi connectivity index (χ1n) is 9.18. The van der Waals surface area contributed by atoms with Gasteiger partial charge in [-0.05, 0) is 51.5 Å². The monoisotopic (exact) mass is 331 g/mol. The summed E-state index contributed by atoms with van der Waals surface area (Å²) >= 11 is 0. The number of nitrogens with zero attached hydrogens (tertiary/aromatic N) is 2. The van der Waals surface area contributed by atoms with Crippen LogP contribution in [0.5, 0.6) is 0 Å². The average Bonchev–Trinajstić information content (AvgIpc) is 2.58. The van der Waals surface area contributed by atoms with Crippen molar-refractivity contribution < 1.29 is 4.39 Å². The summed E-state index contributed by atoms with van der Waals surface area (Å²) in [7, 11) is 0. The zero-order valence-electron chi connectivity index (χ0n) is 14.9. The van der Waals surface area contributed by atoms with E-state index in [0.717, 1.165) is 44.5 Å². The van der Waals surface area contributed by atoms with Crippen LogP contribution in [0.15, 0.2) is 46.3 Å². The Labute approximate surface area is 145 Å². The lowest BCUT2D eigenvalue weighted by atomic mass is 9.62. The van der Waals surface area contributed by atoms with E-state index in [-0.39, 0.29) is 5.41 Å². The van der Waals surface area contributed by atoms with E-state index in [1.54, 1.807) is 0 Å². The number of aliphatic imine (C=N–C) groups is 1. The summed E-state index contributed by atoms with van der Waals surface area (Å²) in [6.45, 7) is 6.20. The Morgan fingerprint density at radius 2 is 2.08 bits per heavy atom. The Morgan fingerprint density at radius 1 is 1.29 bits per heavy atom. The van der Waals surface area contributed by atoms with Crippen molar-refractivity contribution in [2.75, 3.05) is 6.54 Å². The van der Waals surface area contributed by atoms with Crippen LogP contribution in [0.25, 0.3) is 0 Å². The fourth-order valence-corrected chi connectivity index (χ4v) is 3.50. The molecule has 1 saturated carbocycles. The molecule has 0 aromatic rings. The molecule has 0 amide bonds. The van der Waals surface area contributed by atoms with Crippen LogP contribution in [0.2, 0.25) is 0 Å². The lowest BCUT2D eigenvalue weighted by Gasteiger charge is -2.44. The summed E-state index contributed by atoms with van der Waals surface area (Å²) in [6.07, 6.45) is 17.3. The highest BCUT2D eigenvalue weighted by atomic mass is 19.1. The second-order valence-corrected chi connectivity index (χ2v) is 6.66. The van der Waals surface area contributed by atoms with E-state index in [1.807, 2.05) is 12.3 Å². The molecule has 0 spiro atoms. The fraction of sp³-hybridized carbons (Fsp3) is 0.600. The quantitative estimate of drug-likeness (QED) is 0.526. The standard InChI is InChI=1S/C20H30FN3/c1-3-18(12-9-11-17(2)21)20(13-10-14-20)19-22-15-7-5-4-6-8-16-23-24-19/h3,9,11,16H,2,4-8,10,12-15H2,1H3,(H,22,24)/b11-9-,18-3+,23-16+. The van der Waals surface area contributed by atoms with Crippen molar-refractivity contribution in [2.24, 2.45) is 15.5 Å². The van der Waals surface area contributed by atoms with Gasteiger partial charge < -0.3 is 0 Å². The van der Waals surface area contributed by atoms with Gasteiger partial charge in [0.05, 0.1) is 5.41 Å². The van der Waals surface area contributed by atoms with E-state index >= 15 is 0 Å². The molecule has 0 radical (unpaired) electrons. The van der Waals surface area contributed by atoms with Gasteiger partial charge in [0.15, 0.2) is 0 Å². The van der Waals surface area contributed by atoms with Gasteiger partial charge in [0.1, 0.15) is 11.7 Å². The maximum Gasteiger partial charge on any atom is 0.127 e. The van der Waals surface area contributed by atoms with Gasteiger partial charge in [-0.2, -0.15) is 5.10 Å². The number of amidine groups is 1. The summed E-state index contributed by atoms with van der Waals surface area (Å²) < 4.78 is 12.9. The number of hydrazone groups is 1. The Morgan fingerprint density at radius 3 is 2.75 bits per heavy atom. The highest BCUT2D eigenvalue weighted by Gasteiger charge is 2.44. The zero-order valence-corrected chi connectivity index (χ0v) is 14.9. The largest absolute Gasteiger partial charge is 0.270 e. The minimum absolute atomic E-state index is 0.0534. The Hall–Kier alpha value is -1.71. The van der Waals surface area contributed by atoms with Crippen LogP contribution in [0.4, 0.5) is 4.39 Å². The predicted molar refractivity (Wildman–Crippen MR) is 101 cm³/mol. The third kappa shape index (κ3) is 4.89. The molecule has 1 heterocycles. The van der Waals surface area contributed by atoms with Gasteiger partial charge in [0.2, 0.25) is 0 Å². The smallest absolute Gasteiger partial charge is 0.127 e. The van der Waals surface area contributed by atoms with E-state index in [0.29, 0.717) is 0 Å². The van der Waals surface area contributed by atoms with Gasteiger partial charge in [0, 0.05) is 12.8 Å². The molecule has 3 nitrogen and oxygen atoms in total. The van der Waals surface area contributed by atoms with Crippen molar-refractivity contribution in [3.05, 3.63) is 36.2 Å². The molecule has 1 fully saturated rings. The van der Waals surface area contributed by atoms with Gasteiger partial charge in [0.25, 0.3) is 0 Å². The maximum absolute atomic E-state index is 12.9. The number of halogens is 1. The van der Waals surface area contributed by atoms with Crippen molar-refractivity contribution in [1.29, 1.82) is 0 Å². The van der Waals surface area contributed by atoms with Crippen molar-refractivity contribution in [3.63, 3.8) is 0 Å². The average molecular weight is 331 g/mol. The van der Waals surface area contributed by atoms with E-state index in [1.165, 1.54) is 37.3 Å². The van der Waals surface area contributed by atoms with Crippen LogP contribution in [-0.2, 0) is 0 Å². The van der Waals surface area contributed by atoms with Crippen LogP contribution in [0, 0.1) is 5.41 Å². The molecule has 0 aromatic carbocycles. The summed E-state index contributed by atoms with van der Waals surface area (Å²) in [6, 6.07) is 0. The van der Waals surface area contributed by atoms with E-state index in [9.17, 15) is 4.39 Å². The number of rotatable bonds is 5. The van der Waals surface area contributed by atoms with Gasteiger partial charge in [-0.15, -0.1) is 0 Å². The number of hydrogen-bond acceptors (Lipinski definition) is 3. The van der Waals surface area contributed by atoms with Gasteiger partial charge in [-0.3, -0.25) is 10.4 Å². The first-order chi connectivity index (χ1) is 11.7. The van der Waals surface area contributed by atoms with E-state index in [4.69, 9.17) is 4.99 Å². The first-order valence-corrected chi connectivity index (χ1v) is 9.18. The molecular formula is C20H30FN3. The minimum Gasteiger partial charge on any atom is -0.270 e. The second kappa shape index (κ2) is 9.55. The molecule has 24 heavy (non-hydrogen) atoms. The molecule has 0 aromatic heterocycles. The third-order valence-corrected chi connectivity index (χ3v) is 5.03. The Balaban J connectivity index is 2.19. The third-order valence-electron chi connectivity index (χ3n) is 5.03. The minimum atomic E-state index is -0.400. The van der Waals surface area contributed by atoms with Crippen LogP contribution >= 0.6 is 0 Å². The fourth-order valence-electron chi connectivity index (χ4n) is 3.50. The summed E-state index contributed by atoms with van der Waals surface area (Å²) in [5.41, 5.74) is 4.48. The zero-order chi connectivity index (χ0) is 17.3. The van der Waals surface area contributed by atoms with E-state index in [2.05, 4.69) is 30.1 Å². The highest BCUT2D eigenvalue weighted by molar-refractivity contribution is 5.92. The number of allylic oxidation sites excluding steroid dienone is 4. The predicted octanol–water partition coefficient (Wildman–Crippen LogP) is 5.47. The molecule has 1 aliphatic carbocycles. The topological polar surface area (TPSA) is 36.8 Å². The molecule has 1 N–H and O–H groups in total. The summed E-state index contributed by atoms with van der Waals surface area (Å²) in [4.78, 5) is 4.87. The summed E-state index contributed by atoms with van der Waals surface area (Å²) in [5.74, 6) is 0.593. The number of nitrogens with one attached hydrogen (secondary N) is 1. The lowest BCUT2D eigenvalue weighted by Crippen LogP contribution is -2.46. The van der Waals surface area contributed by atoms with Crippen LogP contribution in [0.3, 0.4) is 0 Å². The second-order valence-electron chi connectivity index (χ2n) is 6.66. The molecule has 2 rings (SSSR count). The van der Waals surface area contributed by atoms with E-state index < -0.39 is 5.83 Å². The molecular weight excluding hydrogens is 301 g/mol. The van der Waals surface area contributed by atoms with Crippen molar-refractivity contribution in [3.8, 4) is 0 Å². The highest BCUT2D eigenvalue weighted by Crippen LogP contribution is 2.49. The summed E-state index contributed by atoms with van der Waals surface area (Å²) in [5, 5.41) is 4.40. The van der Waals surface area contributed by atoms with Crippen molar-refractivity contribution >= 4 is 12.1 Å². The SMILES string of the molecule is C=C(F)/C=C\C/C(=C\C)C1(C2=NCCCCCC/C=N/N2)CCC1. The molecule has 4 heteroatoms. The first kappa shape index (κ1) is 18.6. The lowest BCUT2D eigenvalue weighted by molar-refractivity contribution is 0.273. The molecule has 0 unspecified atom stereocenters. The Kier molecular flexibility index (Phi) is 7.41. The van der Waals surface area contributed by atoms with Gasteiger partial charge in [-0.1, -0.05) is 43.6 Å². The van der Waals surface area contributed by atoms with Crippen LogP contribution < -0.4 is 5.43 Å². The van der Waals surface area contributed by atoms with Gasteiger partial charge in [-0.25, -0.2) is 4.39 Å². The maximum atomic E-state index is 12.9. The molecule has 0 saturated heterocycles.